The van der Waals surface area contributed by atoms with E-state index in [9.17, 15) is 4.79 Å². The van der Waals surface area contributed by atoms with Gasteiger partial charge in [0.2, 0.25) is 5.91 Å². The lowest BCUT2D eigenvalue weighted by molar-refractivity contribution is -0.115. The average molecular weight is 248 g/mol. The molecule has 1 aliphatic rings. The Morgan fingerprint density at radius 2 is 2.33 bits per heavy atom. The number of carbonyl (C=O) groups excluding carboxylic acids is 1. The van der Waals surface area contributed by atoms with Crippen LogP contribution in [0.4, 0.5) is 11.4 Å². The van der Waals surface area contributed by atoms with Crippen molar-refractivity contribution in [2.75, 3.05) is 23.8 Å². The second kappa shape index (κ2) is 5.87. The second-order valence-corrected chi connectivity index (χ2v) is 4.64. The van der Waals surface area contributed by atoms with Crippen molar-refractivity contribution in [3.8, 4) is 0 Å². The molecule has 1 aliphatic heterocycles. The van der Waals surface area contributed by atoms with E-state index in [0.29, 0.717) is 12.5 Å². The van der Waals surface area contributed by atoms with Crippen molar-refractivity contribution in [3.05, 3.63) is 23.8 Å². The average Bonchev–Trinajstić information content (AvgIpc) is 2.86. The van der Waals surface area contributed by atoms with Crippen LogP contribution in [0.1, 0.15) is 25.3 Å². The molecule has 0 aromatic heterocycles. The normalized spacial score (nSPS) is 18.7. The number of anilines is 2. The summed E-state index contributed by atoms with van der Waals surface area (Å²) in [6, 6.07) is 6.31. The Morgan fingerprint density at radius 1 is 1.50 bits per heavy atom. The van der Waals surface area contributed by atoms with E-state index in [4.69, 9.17) is 4.74 Å². The fourth-order valence-corrected chi connectivity index (χ4v) is 1.97. The largest absolute Gasteiger partial charge is 0.380 e. The Kier molecular flexibility index (Phi) is 4.20. The molecule has 1 unspecified atom stereocenters. The maximum absolute atomic E-state index is 11.4. The number of benzene rings is 1. The van der Waals surface area contributed by atoms with Gasteiger partial charge >= 0.3 is 0 Å². The molecule has 1 fully saturated rings. The molecule has 1 atom stereocenters. The van der Waals surface area contributed by atoms with E-state index in [1.54, 1.807) is 0 Å². The molecule has 0 saturated carbocycles. The van der Waals surface area contributed by atoms with Crippen molar-refractivity contribution in [1.82, 2.24) is 0 Å². The first-order valence-corrected chi connectivity index (χ1v) is 6.44. The molecule has 18 heavy (non-hydrogen) atoms. The Bertz CT molecular complexity index is 426. The molecule has 1 aromatic rings. The molecular formula is C14H20N2O2. The molecule has 1 aromatic carbocycles. The van der Waals surface area contributed by atoms with Crippen molar-refractivity contribution in [3.63, 3.8) is 0 Å². The lowest BCUT2D eigenvalue weighted by Gasteiger charge is -2.16. The molecule has 0 radical (unpaired) electrons. The lowest BCUT2D eigenvalue weighted by Crippen LogP contribution is -2.19. The summed E-state index contributed by atoms with van der Waals surface area (Å²) in [5.41, 5.74) is 3.09. The van der Waals surface area contributed by atoms with Crippen molar-refractivity contribution in [2.45, 2.75) is 32.7 Å². The Hall–Kier alpha value is -1.55. The van der Waals surface area contributed by atoms with Crippen LogP contribution in [0.15, 0.2) is 18.2 Å². The Balaban J connectivity index is 2.08. The SMILES string of the molecule is CCC(=O)Nc1ccc(C)c(NC2CCOC2)c1. The molecule has 0 spiro atoms. The zero-order valence-electron chi connectivity index (χ0n) is 11.0. The van der Waals surface area contributed by atoms with Crippen LogP contribution in [-0.4, -0.2) is 25.2 Å². The monoisotopic (exact) mass is 248 g/mol. The van der Waals surface area contributed by atoms with Crippen molar-refractivity contribution in [2.24, 2.45) is 0 Å². The van der Waals surface area contributed by atoms with Crippen LogP contribution in [0, 0.1) is 6.92 Å². The standard InChI is InChI=1S/C14H20N2O2/c1-3-14(17)16-11-5-4-10(2)13(8-11)15-12-6-7-18-9-12/h4-5,8,12,15H,3,6-7,9H2,1-2H3,(H,16,17). The highest BCUT2D eigenvalue weighted by molar-refractivity contribution is 5.91. The zero-order chi connectivity index (χ0) is 13.0. The van der Waals surface area contributed by atoms with E-state index in [1.807, 2.05) is 25.1 Å². The molecule has 4 nitrogen and oxygen atoms in total. The summed E-state index contributed by atoms with van der Waals surface area (Å²) in [6.07, 6.45) is 1.53. The lowest BCUT2D eigenvalue weighted by atomic mass is 10.1. The quantitative estimate of drug-likeness (QED) is 0.861. The smallest absolute Gasteiger partial charge is 0.224 e. The Morgan fingerprint density at radius 3 is 3.00 bits per heavy atom. The summed E-state index contributed by atoms with van der Waals surface area (Å²) >= 11 is 0. The molecule has 98 valence electrons. The molecule has 0 aliphatic carbocycles. The maximum atomic E-state index is 11.4. The molecule has 4 heteroatoms. The number of hydrogen-bond acceptors (Lipinski definition) is 3. The molecule has 1 saturated heterocycles. The minimum Gasteiger partial charge on any atom is -0.380 e. The minimum atomic E-state index is 0.0361. The van der Waals surface area contributed by atoms with Crippen LogP contribution in [0.25, 0.3) is 0 Å². The van der Waals surface area contributed by atoms with Gasteiger partial charge in [-0.25, -0.2) is 0 Å². The topological polar surface area (TPSA) is 50.4 Å². The maximum Gasteiger partial charge on any atom is 0.224 e. The summed E-state index contributed by atoms with van der Waals surface area (Å²) < 4.78 is 5.35. The third-order valence-corrected chi connectivity index (χ3v) is 3.13. The molecule has 2 rings (SSSR count). The number of hydrogen-bond donors (Lipinski definition) is 2. The van der Waals surface area contributed by atoms with E-state index in [2.05, 4.69) is 17.6 Å². The van der Waals surface area contributed by atoms with Gasteiger partial charge in [0.25, 0.3) is 0 Å². The highest BCUT2D eigenvalue weighted by Gasteiger charge is 2.16. The summed E-state index contributed by atoms with van der Waals surface area (Å²) in [7, 11) is 0. The van der Waals surface area contributed by atoms with Crippen LogP contribution < -0.4 is 10.6 Å². The number of amides is 1. The Labute approximate surface area is 108 Å². The highest BCUT2D eigenvalue weighted by Crippen LogP contribution is 2.22. The van der Waals surface area contributed by atoms with Gasteiger partial charge < -0.3 is 15.4 Å². The number of ether oxygens (including phenoxy) is 1. The van der Waals surface area contributed by atoms with E-state index in [0.717, 1.165) is 31.0 Å². The number of rotatable bonds is 4. The van der Waals surface area contributed by atoms with E-state index < -0.39 is 0 Å². The fraction of sp³-hybridized carbons (Fsp3) is 0.500. The summed E-state index contributed by atoms with van der Waals surface area (Å²) in [4.78, 5) is 11.4. The van der Waals surface area contributed by atoms with Gasteiger partial charge in [0.15, 0.2) is 0 Å². The van der Waals surface area contributed by atoms with Crippen molar-refractivity contribution in [1.29, 1.82) is 0 Å². The van der Waals surface area contributed by atoms with Gasteiger partial charge in [-0.3, -0.25) is 4.79 Å². The van der Waals surface area contributed by atoms with Gasteiger partial charge in [0, 0.05) is 24.4 Å². The highest BCUT2D eigenvalue weighted by atomic mass is 16.5. The first-order valence-electron chi connectivity index (χ1n) is 6.44. The number of carbonyl (C=O) groups is 1. The first kappa shape index (κ1) is 12.9. The van der Waals surface area contributed by atoms with Gasteiger partial charge in [-0.2, -0.15) is 0 Å². The predicted octanol–water partition coefficient (Wildman–Crippen LogP) is 2.54. The van der Waals surface area contributed by atoms with Crippen LogP contribution in [-0.2, 0) is 9.53 Å². The third kappa shape index (κ3) is 3.23. The first-order chi connectivity index (χ1) is 8.69. The molecule has 0 bridgehead atoms. The van der Waals surface area contributed by atoms with Crippen molar-refractivity contribution >= 4 is 17.3 Å². The van der Waals surface area contributed by atoms with Gasteiger partial charge in [0.1, 0.15) is 0 Å². The van der Waals surface area contributed by atoms with Crippen LogP contribution in [0.5, 0.6) is 0 Å². The minimum absolute atomic E-state index is 0.0361. The molecule has 1 amide bonds. The number of aryl methyl sites for hydroxylation is 1. The van der Waals surface area contributed by atoms with Gasteiger partial charge in [-0.05, 0) is 31.0 Å². The van der Waals surface area contributed by atoms with Crippen molar-refractivity contribution < 1.29 is 9.53 Å². The van der Waals surface area contributed by atoms with E-state index >= 15 is 0 Å². The zero-order valence-corrected chi connectivity index (χ0v) is 11.0. The number of nitrogens with one attached hydrogen (secondary N) is 2. The summed E-state index contributed by atoms with van der Waals surface area (Å²) in [6.45, 7) is 5.48. The van der Waals surface area contributed by atoms with E-state index in [1.165, 1.54) is 5.56 Å². The van der Waals surface area contributed by atoms with Gasteiger partial charge in [-0.15, -0.1) is 0 Å². The third-order valence-electron chi connectivity index (χ3n) is 3.13. The van der Waals surface area contributed by atoms with Gasteiger partial charge in [0.05, 0.1) is 12.6 Å². The van der Waals surface area contributed by atoms with Crippen LogP contribution in [0.2, 0.25) is 0 Å². The molecular weight excluding hydrogens is 228 g/mol. The molecule has 1 heterocycles. The second-order valence-electron chi connectivity index (χ2n) is 4.64. The molecule has 2 N–H and O–H groups in total. The fourth-order valence-electron chi connectivity index (χ4n) is 1.97. The van der Waals surface area contributed by atoms with E-state index in [-0.39, 0.29) is 5.91 Å². The van der Waals surface area contributed by atoms with Gasteiger partial charge in [-0.1, -0.05) is 13.0 Å². The summed E-state index contributed by atoms with van der Waals surface area (Å²) in [5, 5.41) is 6.34. The van der Waals surface area contributed by atoms with Crippen LogP contribution in [0.3, 0.4) is 0 Å². The summed E-state index contributed by atoms with van der Waals surface area (Å²) in [5.74, 6) is 0.0361. The van der Waals surface area contributed by atoms with Crippen LogP contribution >= 0.6 is 0 Å². The predicted molar refractivity (Wildman–Crippen MR) is 72.9 cm³/mol.